The van der Waals surface area contributed by atoms with Gasteiger partial charge in [0.05, 0.1) is 18.5 Å². The number of benzene rings is 1. The van der Waals surface area contributed by atoms with Crippen molar-refractivity contribution in [1.29, 1.82) is 0 Å². The molecule has 0 spiro atoms. The number of aromatic amines is 1. The second kappa shape index (κ2) is 8.10. The van der Waals surface area contributed by atoms with E-state index < -0.39 is 0 Å². The maximum atomic E-state index is 5.73. The van der Waals surface area contributed by atoms with Crippen molar-refractivity contribution in [3.63, 3.8) is 0 Å². The van der Waals surface area contributed by atoms with Gasteiger partial charge in [0.1, 0.15) is 13.2 Å². The lowest BCUT2D eigenvalue weighted by Gasteiger charge is -2.24. The van der Waals surface area contributed by atoms with Gasteiger partial charge in [0, 0.05) is 31.3 Å². The molecule has 0 aliphatic carbocycles. The number of rotatable bonds is 5. The number of fused-ring (bicyclic) bond motifs is 1. The summed E-state index contributed by atoms with van der Waals surface area (Å²) in [6.45, 7) is 5.17. The lowest BCUT2D eigenvalue weighted by atomic mass is 10.0. The Morgan fingerprint density at radius 1 is 1.23 bits per heavy atom. The number of hydrogen-bond donors (Lipinski definition) is 1. The Hall–Kier alpha value is -2.05. The van der Waals surface area contributed by atoms with Gasteiger partial charge in [0.25, 0.3) is 0 Å². The number of hydrogen-bond acceptors (Lipinski definition) is 5. The van der Waals surface area contributed by atoms with Gasteiger partial charge in [-0.1, -0.05) is 6.42 Å². The lowest BCUT2D eigenvalue weighted by Crippen LogP contribution is -2.29. The van der Waals surface area contributed by atoms with Crippen LogP contribution in [0, 0.1) is 5.92 Å². The zero-order valence-electron chi connectivity index (χ0n) is 15.4. The zero-order chi connectivity index (χ0) is 17.8. The van der Waals surface area contributed by atoms with Gasteiger partial charge in [-0.2, -0.15) is 5.10 Å². The molecule has 1 aromatic carbocycles. The molecule has 2 aromatic rings. The van der Waals surface area contributed by atoms with Crippen LogP contribution in [-0.2, 0) is 11.3 Å². The van der Waals surface area contributed by atoms with E-state index in [0.717, 1.165) is 49.0 Å². The summed E-state index contributed by atoms with van der Waals surface area (Å²) in [4.78, 5) is 2.53. The van der Waals surface area contributed by atoms with Gasteiger partial charge >= 0.3 is 0 Å². The third-order valence-corrected chi connectivity index (χ3v) is 5.20. The number of aromatic nitrogens is 2. The molecule has 1 atom stereocenters. The first kappa shape index (κ1) is 17.4. The lowest BCUT2D eigenvalue weighted by molar-refractivity contribution is 0.124. The fraction of sp³-hybridized carbons (Fsp3) is 0.550. The molecular formula is C20H27N3O3. The Bertz CT molecular complexity index is 731. The fourth-order valence-corrected chi connectivity index (χ4v) is 3.95. The van der Waals surface area contributed by atoms with Gasteiger partial charge in [0.15, 0.2) is 11.5 Å². The molecule has 1 fully saturated rings. The third kappa shape index (κ3) is 3.86. The molecule has 6 nitrogen and oxygen atoms in total. The number of likely N-dealkylation sites (tertiary alicyclic amines) is 1. The largest absolute Gasteiger partial charge is 0.486 e. The van der Waals surface area contributed by atoms with Crippen molar-refractivity contribution in [1.82, 2.24) is 15.1 Å². The Kier molecular flexibility index (Phi) is 5.41. The van der Waals surface area contributed by atoms with E-state index in [-0.39, 0.29) is 0 Å². The summed E-state index contributed by atoms with van der Waals surface area (Å²) >= 11 is 0. The highest BCUT2D eigenvalue weighted by Crippen LogP contribution is 2.35. The molecule has 0 bridgehead atoms. The Labute approximate surface area is 154 Å². The van der Waals surface area contributed by atoms with Gasteiger partial charge in [-0.05, 0) is 43.5 Å². The molecule has 4 rings (SSSR count). The number of H-pyrrole nitrogens is 1. The quantitative estimate of drug-likeness (QED) is 0.891. The van der Waals surface area contributed by atoms with Crippen LogP contribution in [0.5, 0.6) is 11.5 Å². The topological polar surface area (TPSA) is 59.6 Å². The van der Waals surface area contributed by atoms with Crippen LogP contribution in [0.2, 0.25) is 0 Å². The highest BCUT2D eigenvalue weighted by molar-refractivity contribution is 5.66. The monoisotopic (exact) mass is 357 g/mol. The molecule has 2 aliphatic heterocycles. The number of nitrogens with zero attached hydrogens (tertiary/aromatic N) is 2. The molecule has 26 heavy (non-hydrogen) atoms. The summed E-state index contributed by atoms with van der Waals surface area (Å²) in [5, 5.41) is 7.48. The number of nitrogens with one attached hydrogen (secondary N) is 1. The maximum Gasteiger partial charge on any atom is 0.162 e. The van der Waals surface area contributed by atoms with Crippen LogP contribution in [0.25, 0.3) is 11.3 Å². The molecule has 0 radical (unpaired) electrons. The van der Waals surface area contributed by atoms with Crippen molar-refractivity contribution < 1.29 is 14.2 Å². The Morgan fingerprint density at radius 2 is 2.12 bits per heavy atom. The van der Waals surface area contributed by atoms with E-state index in [0.29, 0.717) is 19.1 Å². The summed E-state index contributed by atoms with van der Waals surface area (Å²) in [6, 6.07) is 6.09. The van der Waals surface area contributed by atoms with Gasteiger partial charge in [0.2, 0.25) is 0 Å². The summed E-state index contributed by atoms with van der Waals surface area (Å²) in [7, 11) is 1.80. The highest BCUT2D eigenvalue weighted by atomic mass is 16.6. The smallest absolute Gasteiger partial charge is 0.162 e. The normalized spacial score (nSPS) is 20.7. The van der Waals surface area contributed by atoms with Crippen LogP contribution in [0.15, 0.2) is 24.4 Å². The van der Waals surface area contributed by atoms with Crippen LogP contribution in [0.1, 0.15) is 24.8 Å². The first-order chi connectivity index (χ1) is 12.8. The van der Waals surface area contributed by atoms with Crippen molar-refractivity contribution in [2.45, 2.75) is 25.8 Å². The predicted octanol–water partition coefficient (Wildman–Crippen LogP) is 3.10. The Morgan fingerprint density at radius 3 is 3.00 bits per heavy atom. The summed E-state index contributed by atoms with van der Waals surface area (Å²) in [5.74, 6) is 2.24. The average molecular weight is 357 g/mol. The second-order valence-electron chi connectivity index (χ2n) is 7.18. The summed E-state index contributed by atoms with van der Waals surface area (Å²) in [6.07, 6.45) is 5.73. The van der Waals surface area contributed by atoms with Crippen LogP contribution in [-0.4, -0.2) is 55.1 Å². The van der Waals surface area contributed by atoms with Gasteiger partial charge in [-0.25, -0.2) is 0 Å². The van der Waals surface area contributed by atoms with Crippen molar-refractivity contribution in [2.24, 2.45) is 5.92 Å². The highest BCUT2D eigenvalue weighted by Gasteiger charge is 2.21. The van der Waals surface area contributed by atoms with Crippen molar-refractivity contribution in [3.05, 3.63) is 30.0 Å². The number of methoxy groups -OCH3 is 1. The van der Waals surface area contributed by atoms with E-state index in [1.807, 2.05) is 18.3 Å². The SMILES string of the molecule is COCC1CCCCN(Cc2cn[nH]c2-c2ccc3c(c2)OCCO3)C1. The van der Waals surface area contributed by atoms with Crippen LogP contribution in [0.3, 0.4) is 0 Å². The Balaban J connectivity index is 1.51. The van der Waals surface area contributed by atoms with E-state index in [9.17, 15) is 0 Å². The van der Waals surface area contributed by atoms with Gasteiger partial charge in [-0.15, -0.1) is 0 Å². The first-order valence-corrected chi connectivity index (χ1v) is 9.47. The van der Waals surface area contributed by atoms with Gasteiger partial charge < -0.3 is 14.2 Å². The van der Waals surface area contributed by atoms with Crippen molar-refractivity contribution in [3.8, 4) is 22.8 Å². The van der Waals surface area contributed by atoms with E-state index >= 15 is 0 Å². The molecule has 1 saturated heterocycles. The van der Waals surface area contributed by atoms with Crippen LogP contribution < -0.4 is 9.47 Å². The van der Waals surface area contributed by atoms with Crippen LogP contribution in [0.4, 0.5) is 0 Å². The van der Waals surface area contributed by atoms with Crippen molar-refractivity contribution in [2.75, 3.05) is 40.0 Å². The summed E-state index contributed by atoms with van der Waals surface area (Å²) < 4.78 is 16.7. The molecule has 2 aliphatic rings. The fourth-order valence-electron chi connectivity index (χ4n) is 3.95. The standard InChI is InChI=1S/C20H27N3O3/c1-24-14-15-4-2-3-7-23(12-15)13-17-11-21-22-20(17)16-5-6-18-19(10-16)26-9-8-25-18/h5-6,10-11,15H,2-4,7-9,12-14H2,1H3,(H,21,22). The van der Waals surface area contributed by atoms with E-state index in [1.165, 1.54) is 24.8 Å². The molecule has 140 valence electrons. The minimum Gasteiger partial charge on any atom is -0.486 e. The molecule has 0 saturated carbocycles. The van der Waals surface area contributed by atoms with Crippen LogP contribution >= 0.6 is 0 Å². The van der Waals surface area contributed by atoms with E-state index in [1.54, 1.807) is 7.11 Å². The van der Waals surface area contributed by atoms with E-state index in [4.69, 9.17) is 14.2 Å². The first-order valence-electron chi connectivity index (χ1n) is 9.47. The van der Waals surface area contributed by atoms with E-state index in [2.05, 4.69) is 21.2 Å². The molecule has 3 heterocycles. The minimum atomic E-state index is 0.598. The molecule has 0 amide bonds. The third-order valence-electron chi connectivity index (χ3n) is 5.20. The average Bonchev–Trinajstić information content (AvgIpc) is 3.01. The molecule has 1 N–H and O–H groups in total. The number of ether oxygens (including phenoxy) is 3. The van der Waals surface area contributed by atoms with Gasteiger partial charge in [-0.3, -0.25) is 10.00 Å². The molecule has 6 heteroatoms. The van der Waals surface area contributed by atoms with Crippen molar-refractivity contribution >= 4 is 0 Å². The minimum absolute atomic E-state index is 0.598. The molecular weight excluding hydrogens is 330 g/mol. The second-order valence-corrected chi connectivity index (χ2v) is 7.18. The molecule has 1 aromatic heterocycles. The zero-order valence-corrected chi connectivity index (χ0v) is 15.4. The maximum absolute atomic E-state index is 5.73. The summed E-state index contributed by atoms with van der Waals surface area (Å²) in [5.41, 5.74) is 3.37. The molecule has 1 unspecified atom stereocenters. The predicted molar refractivity (Wildman–Crippen MR) is 99.5 cm³/mol.